The van der Waals surface area contributed by atoms with Crippen LogP contribution in [-0.4, -0.2) is 24.7 Å². The van der Waals surface area contributed by atoms with Gasteiger partial charge >= 0.3 is 0 Å². The molecule has 17 heavy (non-hydrogen) atoms. The fourth-order valence-electron chi connectivity index (χ4n) is 2.14. The first-order valence-corrected chi connectivity index (χ1v) is 7.19. The lowest BCUT2D eigenvalue weighted by atomic mass is 10.2. The lowest BCUT2D eigenvalue weighted by Gasteiger charge is -2.05. The van der Waals surface area contributed by atoms with E-state index in [1.165, 1.54) is 4.70 Å². The van der Waals surface area contributed by atoms with Crippen LogP contribution in [0.25, 0.3) is 10.2 Å². The van der Waals surface area contributed by atoms with E-state index in [-0.39, 0.29) is 0 Å². The molecule has 0 radical (unpaired) electrons. The fraction of sp³-hybridized carbons (Fsp3) is 0.417. The lowest BCUT2D eigenvalue weighted by Crippen LogP contribution is -2.15. The maximum atomic E-state index is 5.36. The number of thiazole rings is 1. The van der Waals surface area contributed by atoms with Crippen LogP contribution in [0.1, 0.15) is 17.5 Å². The average Bonchev–Trinajstić information content (AvgIpc) is 2.93. The second-order valence-corrected chi connectivity index (χ2v) is 6.20. The molecule has 0 aliphatic carbocycles. The summed E-state index contributed by atoms with van der Waals surface area (Å²) in [4.78, 5) is 4.69. The Morgan fingerprint density at radius 3 is 3.18 bits per heavy atom. The van der Waals surface area contributed by atoms with E-state index in [4.69, 9.17) is 9.72 Å². The van der Waals surface area contributed by atoms with Crippen LogP contribution in [-0.2, 0) is 4.74 Å². The summed E-state index contributed by atoms with van der Waals surface area (Å²) >= 11 is 5.24. The van der Waals surface area contributed by atoms with Gasteiger partial charge in [0.15, 0.2) is 0 Å². The molecule has 0 spiro atoms. The summed E-state index contributed by atoms with van der Waals surface area (Å²) in [6, 6.07) is 6.59. The molecule has 1 aromatic carbocycles. The Morgan fingerprint density at radius 2 is 2.41 bits per heavy atom. The van der Waals surface area contributed by atoms with Crippen LogP contribution >= 0.6 is 27.3 Å². The Labute approximate surface area is 112 Å². The summed E-state index contributed by atoms with van der Waals surface area (Å²) in [5.41, 5.74) is 1.07. The minimum Gasteiger partial charge on any atom is -0.380 e. The van der Waals surface area contributed by atoms with Crippen LogP contribution in [0.2, 0.25) is 0 Å². The Bertz CT molecular complexity index is 542. The van der Waals surface area contributed by atoms with Gasteiger partial charge in [-0.15, -0.1) is 11.3 Å². The number of aromatic nitrogens is 1. The van der Waals surface area contributed by atoms with Crippen molar-refractivity contribution in [2.75, 3.05) is 13.7 Å². The number of rotatable bonds is 2. The van der Waals surface area contributed by atoms with Crippen LogP contribution in [0, 0.1) is 0 Å². The standard InChI is InChI=1S/C12H13BrN2OS/c1-16-8-5-10(14-6-8)12-15-9-4-7(13)2-3-11(9)17-12/h2-4,8,10,14H,5-6H2,1H3. The second kappa shape index (κ2) is 4.65. The van der Waals surface area contributed by atoms with Crippen molar-refractivity contribution in [1.29, 1.82) is 0 Å². The van der Waals surface area contributed by atoms with Crippen LogP contribution < -0.4 is 5.32 Å². The van der Waals surface area contributed by atoms with Crippen molar-refractivity contribution in [3.63, 3.8) is 0 Å². The SMILES string of the molecule is COC1CNC(c2nc3cc(Br)ccc3s2)C1. The molecule has 5 heteroatoms. The van der Waals surface area contributed by atoms with E-state index in [0.717, 1.165) is 28.0 Å². The van der Waals surface area contributed by atoms with Gasteiger partial charge in [-0.05, 0) is 24.6 Å². The highest BCUT2D eigenvalue weighted by Crippen LogP contribution is 2.32. The minimum absolute atomic E-state index is 0.318. The molecule has 1 N–H and O–H groups in total. The molecule has 1 aromatic heterocycles. The Balaban J connectivity index is 1.91. The summed E-state index contributed by atoms with van der Waals surface area (Å²) in [5, 5.41) is 4.63. The molecule has 1 aliphatic rings. The van der Waals surface area contributed by atoms with Crippen molar-refractivity contribution in [2.45, 2.75) is 18.6 Å². The molecule has 0 saturated carbocycles. The number of fused-ring (bicyclic) bond motifs is 1. The van der Waals surface area contributed by atoms with Gasteiger partial charge in [-0.1, -0.05) is 15.9 Å². The molecular weight excluding hydrogens is 300 g/mol. The average molecular weight is 313 g/mol. The van der Waals surface area contributed by atoms with Gasteiger partial charge in [0.25, 0.3) is 0 Å². The third-order valence-electron chi connectivity index (χ3n) is 3.09. The summed E-state index contributed by atoms with van der Waals surface area (Å²) in [6.07, 6.45) is 1.33. The molecule has 2 atom stereocenters. The number of nitrogens with zero attached hydrogens (tertiary/aromatic N) is 1. The monoisotopic (exact) mass is 312 g/mol. The van der Waals surface area contributed by atoms with Gasteiger partial charge < -0.3 is 10.1 Å². The minimum atomic E-state index is 0.318. The predicted octanol–water partition coefficient (Wildman–Crippen LogP) is 3.11. The zero-order valence-electron chi connectivity index (χ0n) is 9.44. The molecule has 3 rings (SSSR count). The van der Waals surface area contributed by atoms with Crippen molar-refractivity contribution in [3.8, 4) is 0 Å². The van der Waals surface area contributed by atoms with Gasteiger partial charge in [0.1, 0.15) is 5.01 Å². The van der Waals surface area contributed by atoms with Gasteiger partial charge in [0, 0.05) is 18.1 Å². The lowest BCUT2D eigenvalue weighted by molar-refractivity contribution is 0.117. The van der Waals surface area contributed by atoms with Gasteiger partial charge in [-0.25, -0.2) is 4.98 Å². The van der Waals surface area contributed by atoms with Crippen LogP contribution in [0.5, 0.6) is 0 Å². The van der Waals surface area contributed by atoms with E-state index in [1.54, 1.807) is 18.4 Å². The highest BCUT2D eigenvalue weighted by molar-refractivity contribution is 9.10. The molecule has 0 amide bonds. The number of hydrogen-bond donors (Lipinski definition) is 1. The van der Waals surface area contributed by atoms with E-state index in [1.807, 2.05) is 0 Å². The first kappa shape index (κ1) is 11.6. The number of benzene rings is 1. The summed E-state index contributed by atoms with van der Waals surface area (Å²) in [5.74, 6) is 0. The number of nitrogens with one attached hydrogen (secondary N) is 1. The van der Waals surface area contributed by atoms with E-state index in [9.17, 15) is 0 Å². The molecular formula is C12H13BrN2OS. The zero-order chi connectivity index (χ0) is 11.8. The van der Waals surface area contributed by atoms with Crippen molar-refractivity contribution in [2.24, 2.45) is 0 Å². The third kappa shape index (κ3) is 2.25. The maximum Gasteiger partial charge on any atom is 0.111 e. The first-order valence-electron chi connectivity index (χ1n) is 5.58. The first-order chi connectivity index (χ1) is 8.26. The Morgan fingerprint density at radius 1 is 1.53 bits per heavy atom. The van der Waals surface area contributed by atoms with Crippen molar-refractivity contribution in [1.82, 2.24) is 10.3 Å². The van der Waals surface area contributed by atoms with E-state index in [2.05, 4.69) is 39.4 Å². The van der Waals surface area contributed by atoms with Crippen LogP contribution in [0.3, 0.4) is 0 Å². The van der Waals surface area contributed by atoms with Crippen molar-refractivity contribution >= 4 is 37.5 Å². The van der Waals surface area contributed by atoms with Gasteiger partial charge in [-0.2, -0.15) is 0 Å². The predicted molar refractivity (Wildman–Crippen MR) is 73.5 cm³/mol. The van der Waals surface area contributed by atoms with Crippen molar-refractivity contribution in [3.05, 3.63) is 27.7 Å². The topological polar surface area (TPSA) is 34.1 Å². The van der Waals surface area contributed by atoms with Gasteiger partial charge in [0.2, 0.25) is 0 Å². The van der Waals surface area contributed by atoms with E-state index >= 15 is 0 Å². The van der Waals surface area contributed by atoms with Gasteiger partial charge in [-0.3, -0.25) is 0 Å². The van der Waals surface area contributed by atoms with Crippen LogP contribution in [0.4, 0.5) is 0 Å². The number of halogens is 1. The maximum absolute atomic E-state index is 5.36. The highest BCUT2D eigenvalue weighted by Gasteiger charge is 2.27. The molecule has 1 saturated heterocycles. The molecule has 2 unspecified atom stereocenters. The molecule has 1 fully saturated rings. The summed E-state index contributed by atoms with van der Waals surface area (Å²) in [7, 11) is 1.77. The summed E-state index contributed by atoms with van der Waals surface area (Å²) in [6.45, 7) is 0.917. The molecule has 2 aromatic rings. The Kier molecular flexibility index (Phi) is 3.17. The quantitative estimate of drug-likeness (QED) is 0.925. The Hall–Kier alpha value is -0.490. The number of methoxy groups -OCH3 is 1. The second-order valence-electron chi connectivity index (χ2n) is 4.22. The number of hydrogen-bond acceptors (Lipinski definition) is 4. The van der Waals surface area contributed by atoms with Crippen molar-refractivity contribution < 1.29 is 4.74 Å². The fourth-order valence-corrected chi connectivity index (χ4v) is 3.52. The molecule has 90 valence electrons. The third-order valence-corrected chi connectivity index (χ3v) is 4.73. The normalized spacial score (nSPS) is 24.6. The molecule has 3 nitrogen and oxygen atoms in total. The molecule has 1 aliphatic heterocycles. The molecule has 0 bridgehead atoms. The zero-order valence-corrected chi connectivity index (χ0v) is 11.8. The smallest absolute Gasteiger partial charge is 0.111 e. The van der Waals surface area contributed by atoms with Crippen LogP contribution in [0.15, 0.2) is 22.7 Å². The van der Waals surface area contributed by atoms with E-state index < -0.39 is 0 Å². The molecule has 2 heterocycles. The van der Waals surface area contributed by atoms with E-state index in [0.29, 0.717) is 12.1 Å². The largest absolute Gasteiger partial charge is 0.380 e. The summed E-state index contributed by atoms with van der Waals surface area (Å²) < 4.78 is 7.68. The number of ether oxygens (including phenoxy) is 1. The highest BCUT2D eigenvalue weighted by atomic mass is 79.9. The van der Waals surface area contributed by atoms with Gasteiger partial charge in [0.05, 0.1) is 22.4 Å².